The van der Waals surface area contributed by atoms with Crippen molar-refractivity contribution in [3.8, 4) is 11.4 Å². The minimum Gasteiger partial charge on any atom is -0.347 e. The largest absolute Gasteiger partial charge is 0.347 e. The molecule has 2 aromatic heterocycles. The third kappa shape index (κ3) is 4.74. The predicted molar refractivity (Wildman–Crippen MR) is 115 cm³/mol. The summed E-state index contributed by atoms with van der Waals surface area (Å²) in [6, 6.07) is 15.7. The summed E-state index contributed by atoms with van der Waals surface area (Å²) < 4.78 is 2.09. The molecule has 5 nitrogen and oxygen atoms in total. The number of amides is 1. The van der Waals surface area contributed by atoms with E-state index in [1.165, 1.54) is 18.9 Å². The molecule has 29 heavy (non-hydrogen) atoms. The van der Waals surface area contributed by atoms with Crippen LogP contribution >= 0.6 is 11.6 Å². The minimum absolute atomic E-state index is 0.181. The summed E-state index contributed by atoms with van der Waals surface area (Å²) in [4.78, 5) is 16.7. The van der Waals surface area contributed by atoms with Crippen molar-refractivity contribution in [3.63, 3.8) is 0 Å². The summed E-state index contributed by atoms with van der Waals surface area (Å²) in [7, 11) is 0. The molecule has 0 aliphatic heterocycles. The van der Waals surface area contributed by atoms with Gasteiger partial charge in [0.05, 0.1) is 29.7 Å². The number of nitrogens with zero attached hydrogens (tertiary/aromatic N) is 3. The maximum atomic E-state index is 12.2. The van der Waals surface area contributed by atoms with Crippen LogP contribution in [0.4, 0.5) is 0 Å². The lowest BCUT2D eigenvalue weighted by Crippen LogP contribution is -2.20. The second kappa shape index (κ2) is 9.05. The van der Waals surface area contributed by atoms with Crippen LogP contribution in [0.3, 0.4) is 0 Å². The quantitative estimate of drug-likeness (QED) is 0.583. The number of carbonyl (C=O) groups is 1. The second-order valence-corrected chi connectivity index (χ2v) is 7.60. The van der Waals surface area contributed by atoms with Crippen molar-refractivity contribution in [3.05, 3.63) is 77.1 Å². The van der Waals surface area contributed by atoms with Crippen molar-refractivity contribution in [1.82, 2.24) is 20.1 Å². The second-order valence-electron chi connectivity index (χ2n) is 7.19. The lowest BCUT2D eigenvalue weighted by Gasteiger charge is -2.13. The molecule has 0 unspecified atom stereocenters. The first-order valence-corrected chi connectivity index (χ1v) is 10.3. The minimum atomic E-state index is -0.181. The maximum absolute atomic E-state index is 12.2. The Labute approximate surface area is 175 Å². The molecule has 1 saturated carbocycles. The Morgan fingerprint density at radius 2 is 1.97 bits per heavy atom. The van der Waals surface area contributed by atoms with Gasteiger partial charge in [-0.1, -0.05) is 48.7 Å². The highest BCUT2D eigenvalue weighted by atomic mass is 35.5. The summed E-state index contributed by atoms with van der Waals surface area (Å²) in [6.45, 7) is 0.366. The number of carbonyl (C=O) groups excluding carboxylic acids is 1. The molecule has 1 aliphatic carbocycles. The van der Waals surface area contributed by atoms with Crippen LogP contribution in [0.5, 0.6) is 0 Å². The van der Waals surface area contributed by atoms with Gasteiger partial charge in [0.1, 0.15) is 0 Å². The Hall–Kier alpha value is -2.92. The Bertz CT molecular complexity index is 1010. The van der Waals surface area contributed by atoms with Crippen LogP contribution in [-0.2, 0) is 11.3 Å². The van der Waals surface area contributed by atoms with E-state index in [2.05, 4.69) is 15.0 Å². The smallest absolute Gasteiger partial charge is 0.244 e. The Morgan fingerprint density at radius 3 is 2.72 bits per heavy atom. The molecule has 1 amide bonds. The molecule has 0 saturated heterocycles. The molecule has 1 fully saturated rings. The first kappa shape index (κ1) is 19.4. The van der Waals surface area contributed by atoms with Gasteiger partial charge >= 0.3 is 0 Å². The van der Waals surface area contributed by atoms with Gasteiger partial charge in [0.25, 0.3) is 0 Å². The van der Waals surface area contributed by atoms with Crippen molar-refractivity contribution < 1.29 is 4.79 Å². The molecule has 0 bridgehead atoms. The third-order valence-electron chi connectivity index (χ3n) is 5.15. The molecule has 0 atom stereocenters. The van der Waals surface area contributed by atoms with E-state index in [9.17, 15) is 4.79 Å². The number of hydrogen-bond donors (Lipinski definition) is 1. The molecule has 6 heteroatoms. The molecule has 148 valence electrons. The SMILES string of the molecule is O=C(/C=C/c1ccccc1Cl)NCc1cc(-c2ccccn2)n(C2CCCC2)n1. The molecular weight excluding hydrogens is 384 g/mol. The fourth-order valence-corrected chi connectivity index (χ4v) is 3.88. The highest BCUT2D eigenvalue weighted by Crippen LogP contribution is 2.33. The standard InChI is InChI=1S/C23H23ClN4O/c24-20-10-4-1-7-17(20)12-13-23(29)26-16-18-15-22(21-11-5-6-14-25-21)28(27-18)19-8-2-3-9-19/h1,4-7,10-15,19H,2-3,8-9,16H2,(H,26,29)/b13-12+. The highest BCUT2D eigenvalue weighted by molar-refractivity contribution is 6.32. The molecule has 1 aromatic carbocycles. The first-order chi connectivity index (χ1) is 14.2. The summed E-state index contributed by atoms with van der Waals surface area (Å²) in [5.41, 5.74) is 3.56. The van der Waals surface area contributed by atoms with E-state index in [4.69, 9.17) is 16.7 Å². The van der Waals surface area contributed by atoms with Gasteiger partial charge in [0.15, 0.2) is 0 Å². The van der Waals surface area contributed by atoms with Gasteiger partial charge < -0.3 is 5.32 Å². The van der Waals surface area contributed by atoms with Gasteiger partial charge in [0.2, 0.25) is 5.91 Å². The van der Waals surface area contributed by atoms with Crippen molar-refractivity contribution in [2.75, 3.05) is 0 Å². The van der Waals surface area contributed by atoms with Gasteiger partial charge in [-0.15, -0.1) is 0 Å². The van der Waals surface area contributed by atoms with E-state index in [0.717, 1.165) is 35.5 Å². The Kier molecular flexibility index (Phi) is 6.06. The average Bonchev–Trinajstić information content (AvgIpc) is 3.42. The summed E-state index contributed by atoms with van der Waals surface area (Å²) in [5.74, 6) is -0.181. The van der Waals surface area contributed by atoms with E-state index in [0.29, 0.717) is 17.6 Å². The van der Waals surface area contributed by atoms with E-state index >= 15 is 0 Å². The molecule has 0 spiro atoms. The van der Waals surface area contributed by atoms with Crippen molar-refractivity contribution in [2.45, 2.75) is 38.3 Å². The van der Waals surface area contributed by atoms with Gasteiger partial charge in [-0.05, 0) is 48.7 Å². The molecule has 1 aliphatic rings. The number of benzene rings is 1. The van der Waals surface area contributed by atoms with Gasteiger partial charge in [0, 0.05) is 17.3 Å². The zero-order valence-electron chi connectivity index (χ0n) is 16.1. The number of hydrogen-bond acceptors (Lipinski definition) is 3. The maximum Gasteiger partial charge on any atom is 0.244 e. The van der Waals surface area contributed by atoms with E-state index in [-0.39, 0.29) is 5.91 Å². The van der Waals surface area contributed by atoms with E-state index in [1.54, 1.807) is 18.3 Å². The number of pyridine rings is 1. The molecule has 2 heterocycles. The Balaban J connectivity index is 1.47. The van der Waals surface area contributed by atoms with Gasteiger partial charge in [-0.2, -0.15) is 5.10 Å². The summed E-state index contributed by atoms with van der Waals surface area (Å²) in [6.07, 6.45) is 9.73. The van der Waals surface area contributed by atoms with E-state index in [1.807, 2.05) is 42.5 Å². The van der Waals surface area contributed by atoms with Gasteiger partial charge in [-0.25, -0.2) is 0 Å². The lowest BCUT2D eigenvalue weighted by atomic mass is 10.2. The topological polar surface area (TPSA) is 59.8 Å². The number of halogens is 1. The number of aromatic nitrogens is 3. The molecule has 1 N–H and O–H groups in total. The summed E-state index contributed by atoms with van der Waals surface area (Å²) in [5, 5.41) is 8.31. The van der Waals surface area contributed by atoms with Crippen LogP contribution in [0.1, 0.15) is 43.0 Å². The summed E-state index contributed by atoms with van der Waals surface area (Å²) >= 11 is 6.12. The molecule has 4 rings (SSSR count). The zero-order valence-corrected chi connectivity index (χ0v) is 16.8. The predicted octanol–water partition coefficient (Wildman–Crippen LogP) is 5.04. The lowest BCUT2D eigenvalue weighted by molar-refractivity contribution is -0.116. The average molecular weight is 407 g/mol. The fraction of sp³-hybridized carbons (Fsp3) is 0.261. The molecule has 3 aromatic rings. The molecule has 0 radical (unpaired) electrons. The first-order valence-electron chi connectivity index (χ1n) is 9.91. The highest BCUT2D eigenvalue weighted by Gasteiger charge is 2.22. The fourth-order valence-electron chi connectivity index (χ4n) is 3.68. The third-order valence-corrected chi connectivity index (χ3v) is 5.49. The number of nitrogens with one attached hydrogen (secondary N) is 1. The van der Waals surface area contributed by atoms with Gasteiger partial charge in [-0.3, -0.25) is 14.5 Å². The number of rotatable bonds is 6. The van der Waals surface area contributed by atoms with Crippen LogP contribution in [-0.4, -0.2) is 20.7 Å². The van der Waals surface area contributed by atoms with E-state index < -0.39 is 0 Å². The van der Waals surface area contributed by atoms with Crippen molar-refractivity contribution >= 4 is 23.6 Å². The zero-order chi connectivity index (χ0) is 20.1. The van der Waals surface area contributed by atoms with Crippen LogP contribution < -0.4 is 5.32 Å². The van der Waals surface area contributed by atoms with Crippen LogP contribution in [0.25, 0.3) is 17.5 Å². The van der Waals surface area contributed by atoms with Crippen LogP contribution in [0.15, 0.2) is 60.8 Å². The monoisotopic (exact) mass is 406 g/mol. The van der Waals surface area contributed by atoms with Crippen molar-refractivity contribution in [1.29, 1.82) is 0 Å². The van der Waals surface area contributed by atoms with Crippen molar-refractivity contribution in [2.24, 2.45) is 0 Å². The van der Waals surface area contributed by atoms with Crippen LogP contribution in [0, 0.1) is 0 Å². The Morgan fingerprint density at radius 1 is 1.17 bits per heavy atom. The normalized spacial score (nSPS) is 14.5. The van der Waals surface area contributed by atoms with Crippen LogP contribution in [0.2, 0.25) is 5.02 Å². The molecular formula is C23H23ClN4O.